The molecule has 0 bridgehead atoms. The van der Waals surface area contributed by atoms with Crippen molar-refractivity contribution >= 4 is 50.7 Å². The molecule has 0 heterocycles. The van der Waals surface area contributed by atoms with E-state index in [0.29, 0.717) is 0 Å². The second kappa shape index (κ2) is 12.6. The zero-order valence-electron chi connectivity index (χ0n) is 23.5. The number of sulfonamides is 1. The summed E-state index contributed by atoms with van der Waals surface area (Å²) in [6, 6.07) is 17.4. The third-order valence-electron chi connectivity index (χ3n) is 6.12. The zero-order valence-corrected chi connectivity index (χ0v) is 25.9. The van der Waals surface area contributed by atoms with E-state index in [1.165, 1.54) is 35.2 Å². The van der Waals surface area contributed by atoms with Gasteiger partial charge < -0.3 is 10.2 Å². The quantitative estimate of drug-likeness (QED) is 0.318. The first-order chi connectivity index (χ1) is 18.6. The summed E-state index contributed by atoms with van der Waals surface area (Å²) in [4.78, 5) is 28.6. The molecule has 0 aromatic heterocycles. The van der Waals surface area contributed by atoms with Gasteiger partial charge in [-0.15, -0.1) is 0 Å². The Morgan fingerprint density at radius 1 is 0.900 bits per heavy atom. The Morgan fingerprint density at radius 2 is 1.50 bits per heavy atom. The lowest BCUT2D eigenvalue weighted by Gasteiger charge is -2.33. The van der Waals surface area contributed by atoms with Crippen LogP contribution in [0.3, 0.4) is 0 Å². The van der Waals surface area contributed by atoms with Crippen molar-refractivity contribution in [3.8, 4) is 0 Å². The minimum Gasteiger partial charge on any atom is -0.350 e. The van der Waals surface area contributed by atoms with E-state index < -0.39 is 34.1 Å². The third kappa shape index (κ3) is 8.22. The minimum absolute atomic E-state index is 0.00533. The van der Waals surface area contributed by atoms with Crippen LogP contribution in [0.5, 0.6) is 0 Å². The summed E-state index contributed by atoms with van der Waals surface area (Å²) in [5.41, 5.74) is 2.29. The van der Waals surface area contributed by atoms with Crippen molar-refractivity contribution < 1.29 is 18.0 Å². The lowest BCUT2D eigenvalue weighted by molar-refractivity contribution is -0.140. The molecule has 7 nitrogen and oxygen atoms in total. The SMILES string of the molecule is Cc1ccc(S(=O)(=O)N(CC(=O)N(Cc2cccc(C)c2)[C@@H](C)C(=O)NC(C)(C)C)c2cc(Cl)cc(Cl)c2)cc1. The predicted molar refractivity (Wildman–Crippen MR) is 161 cm³/mol. The second-order valence-corrected chi connectivity index (χ2v) is 13.6. The number of rotatable bonds is 9. The molecule has 10 heteroatoms. The molecule has 2 amide bonds. The fourth-order valence-electron chi connectivity index (χ4n) is 4.11. The maximum Gasteiger partial charge on any atom is 0.264 e. The molecule has 3 aromatic carbocycles. The van der Waals surface area contributed by atoms with Crippen LogP contribution in [0, 0.1) is 13.8 Å². The van der Waals surface area contributed by atoms with E-state index in [1.54, 1.807) is 19.1 Å². The van der Waals surface area contributed by atoms with Crippen molar-refractivity contribution in [2.75, 3.05) is 10.8 Å². The third-order valence-corrected chi connectivity index (χ3v) is 8.35. The maximum absolute atomic E-state index is 14.0. The van der Waals surface area contributed by atoms with E-state index in [4.69, 9.17) is 23.2 Å². The molecule has 214 valence electrons. The molecule has 1 atom stereocenters. The average molecular weight is 605 g/mol. The number of hydrogen-bond acceptors (Lipinski definition) is 4. The summed E-state index contributed by atoms with van der Waals surface area (Å²) in [5, 5.41) is 3.35. The Bertz CT molecular complexity index is 1470. The highest BCUT2D eigenvalue weighted by molar-refractivity contribution is 7.92. The van der Waals surface area contributed by atoms with Crippen molar-refractivity contribution in [2.45, 2.75) is 64.6 Å². The molecule has 0 fully saturated rings. The molecule has 3 aromatic rings. The fraction of sp³-hybridized carbons (Fsp3) is 0.333. The molecule has 0 unspecified atom stereocenters. The molecule has 0 saturated carbocycles. The minimum atomic E-state index is -4.22. The van der Waals surface area contributed by atoms with Crippen molar-refractivity contribution in [3.05, 3.63) is 93.5 Å². The van der Waals surface area contributed by atoms with E-state index >= 15 is 0 Å². The van der Waals surface area contributed by atoms with E-state index in [1.807, 2.05) is 58.9 Å². The largest absolute Gasteiger partial charge is 0.350 e. The summed E-state index contributed by atoms with van der Waals surface area (Å²) >= 11 is 12.5. The molecule has 0 spiro atoms. The average Bonchev–Trinajstić information content (AvgIpc) is 2.84. The Kier molecular flexibility index (Phi) is 9.93. The van der Waals surface area contributed by atoms with E-state index in [9.17, 15) is 18.0 Å². The summed E-state index contributed by atoms with van der Waals surface area (Å²) in [6.45, 7) is 10.5. The number of nitrogens with one attached hydrogen (secondary N) is 1. The summed E-state index contributed by atoms with van der Waals surface area (Å²) in [5.74, 6) is -0.919. The van der Waals surface area contributed by atoms with Gasteiger partial charge in [-0.1, -0.05) is 70.7 Å². The van der Waals surface area contributed by atoms with Gasteiger partial charge in [0, 0.05) is 22.1 Å². The van der Waals surface area contributed by atoms with Crippen LogP contribution in [0.2, 0.25) is 10.0 Å². The van der Waals surface area contributed by atoms with Gasteiger partial charge in [0.25, 0.3) is 10.0 Å². The van der Waals surface area contributed by atoms with Crippen LogP contribution in [0.1, 0.15) is 44.4 Å². The highest BCUT2D eigenvalue weighted by Crippen LogP contribution is 2.30. The van der Waals surface area contributed by atoms with E-state index in [2.05, 4.69) is 5.32 Å². The molecule has 0 radical (unpaired) electrons. The first-order valence-electron chi connectivity index (χ1n) is 12.8. The maximum atomic E-state index is 14.0. The molecule has 0 saturated heterocycles. The number of halogens is 2. The highest BCUT2D eigenvalue weighted by atomic mass is 35.5. The van der Waals surface area contributed by atoms with Crippen LogP contribution in [-0.4, -0.2) is 43.3 Å². The van der Waals surface area contributed by atoms with Gasteiger partial charge in [-0.3, -0.25) is 13.9 Å². The van der Waals surface area contributed by atoms with Crippen LogP contribution in [0.25, 0.3) is 0 Å². The Morgan fingerprint density at radius 3 is 2.05 bits per heavy atom. The number of nitrogens with zero attached hydrogens (tertiary/aromatic N) is 2. The summed E-state index contributed by atoms with van der Waals surface area (Å²) in [6.07, 6.45) is 0. The van der Waals surface area contributed by atoms with Gasteiger partial charge in [-0.05, 0) is 77.4 Å². The molecule has 0 aliphatic carbocycles. The van der Waals surface area contributed by atoms with Gasteiger partial charge in [0.1, 0.15) is 12.6 Å². The van der Waals surface area contributed by atoms with Crippen molar-refractivity contribution in [1.82, 2.24) is 10.2 Å². The fourth-order valence-corrected chi connectivity index (χ4v) is 6.03. The number of amides is 2. The first-order valence-corrected chi connectivity index (χ1v) is 15.0. The van der Waals surface area contributed by atoms with Gasteiger partial charge in [0.05, 0.1) is 10.6 Å². The van der Waals surface area contributed by atoms with Crippen LogP contribution in [0.15, 0.2) is 71.6 Å². The van der Waals surface area contributed by atoms with Crippen molar-refractivity contribution in [2.24, 2.45) is 0 Å². The normalized spacial score (nSPS) is 12.5. The molecule has 1 N–H and O–H groups in total. The number of carbonyl (C=O) groups is 2. The lowest BCUT2D eigenvalue weighted by atomic mass is 10.1. The highest BCUT2D eigenvalue weighted by Gasteiger charge is 2.33. The predicted octanol–water partition coefficient (Wildman–Crippen LogP) is 6.14. The van der Waals surface area contributed by atoms with Crippen molar-refractivity contribution in [3.63, 3.8) is 0 Å². The van der Waals surface area contributed by atoms with E-state index in [0.717, 1.165) is 21.0 Å². The summed E-state index contributed by atoms with van der Waals surface area (Å²) < 4.78 is 28.8. The Hall–Kier alpha value is -3.07. The molecule has 3 rings (SSSR count). The Balaban J connectivity index is 2.07. The summed E-state index contributed by atoms with van der Waals surface area (Å²) in [7, 11) is -4.22. The van der Waals surface area contributed by atoms with Gasteiger partial charge in [0.2, 0.25) is 11.8 Å². The van der Waals surface area contributed by atoms with Gasteiger partial charge >= 0.3 is 0 Å². The molecule has 40 heavy (non-hydrogen) atoms. The van der Waals surface area contributed by atoms with Crippen LogP contribution < -0.4 is 9.62 Å². The standard InChI is InChI=1S/C30H35Cl2N3O4S/c1-20-10-12-27(13-11-20)40(38,39)35(26-16-24(31)15-25(32)17-26)19-28(36)34(18-23-9-7-8-21(2)14-23)22(3)29(37)33-30(4,5)6/h7-17,22H,18-19H2,1-6H3,(H,33,37)/t22-/m0/s1. The monoisotopic (exact) mass is 603 g/mol. The number of benzene rings is 3. The van der Waals surface area contributed by atoms with Crippen LogP contribution >= 0.6 is 23.2 Å². The molecular formula is C30H35Cl2N3O4S. The van der Waals surface area contributed by atoms with Crippen molar-refractivity contribution in [1.29, 1.82) is 0 Å². The smallest absolute Gasteiger partial charge is 0.264 e. The molecule has 0 aliphatic rings. The van der Waals surface area contributed by atoms with Gasteiger partial charge in [-0.2, -0.15) is 0 Å². The topological polar surface area (TPSA) is 86.8 Å². The number of hydrogen-bond donors (Lipinski definition) is 1. The lowest BCUT2D eigenvalue weighted by Crippen LogP contribution is -2.54. The second-order valence-electron chi connectivity index (χ2n) is 10.9. The van der Waals surface area contributed by atoms with Crippen LogP contribution in [0.4, 0.5) is 5.69 Å². The van der Waals surface area contributed by atoms with Gasteiger partial charge in [0.15, 0.2) is 0 Å². The molecular weight excluding hydrogens is 569 g/mol. The zero-order chi connectivity index (χ0) is 29.8. The first kappa shape index (κ1) is 31.5. The Labute approximate surface area is 247 Å². The van der Waals surface area contributed by atoms with E-state index in [-0.39, 0.29) is 33.1 Å². The number of anilines is 1. The van der Waals surface area contributed by atoms with Crippen LogP contribution in [-0.2, 0) is 26.2 Å². The van der Waals surface area contributed by atoms with Gasteiger partial charge in [-0.25, -0.2) is 8.42 Å². The number of aryl methyl sites for hydroxylation is 2. The number of carbonyl (C=O) groups excluding carboxylic acids is 2. The molecule has 0 aliphatic heterocycles.